The van der Waals surface area contributed by atoms with Crippen LogP contribution in [0.5, 0.6) is 0 Å². The SMILES string of the molecule is CCNC(=NCCc1ccn(-c2ccc(F)cc2)n1)N1CCC(NC(=O)OC(C)(C)C)C1. The number of likely N-dealkylation sites (tertiary alicyclic amines) is 1. The van der Waals surface area contributed by atoms with E-state index in [1.165, 1.54) is 12.1 Å². The molecule has 1 atom stereocenters. The molecule has 1 fully saturated rings. The number of benzene rings is 1. The summed E-state index contributed by atoms with van der Waals surface area (Å²) in [4.78, 5) is 18.9. The molecule has 0 aliphatic carbocycles. The van der Waals surface area contributed by atoms with Gasteiger partial charge in [0.25, 0.3) is 0 Å². The van der Waals surface area contributed by atoms with Crippen molar-refractivity contribution in [1.29, 1.82) is 0 Å². The molecule has 2 heterocycles. The Morgan fingerprint density at radius 3 is 2.72 bits per heavy atom. The molecule has 9 heteroatoms. The lowest BCUT2D eigenvalue weighted by molar-refractivity contribution is 0.0507. The highest BCUT2D eigenvalue weighted by atomic mass is 19.1. The molecule has 32 heavy (non-hydrogen) atoms. The first-order chi connectivity index (χ1) is 15.2. The number of carbonyl (C=O) groups excluding carboxylic acids is 1. The summed E-state index contributed by atoms with van der Waals surface area (Å²) in [5.74, 6) is 0.566. The van der Waals surface area contributed by atoms with Gasteiger partial charge < -0.3 is 20.3 Å². The van der Waals surface area contributed by atoms with E-state index in [9.17, 15) is 9.18 Å². The van der Waals surface area contributed by atoms with Crippen molar-refractivity contribution in [2.24, 2.45) is 4.99 Å². The van der Waals surface area contributed by atoms with Crippen LogP contribution in [0.2, 0.25) is 0 Å². The van der Waals surface area contributed by atoms with E-state index in [0.717, 1.165) is 36.9 Å². The molecule has 2 aromatic rings. The average molecular weight is 445 g/mol. The summed E-state index contributed by atoms with van der Waals surface area (Å²) in [6, 6.07) is 8.21. The van der Waals surface area contributed by atoms with Gasteiger partial charge in [0.05, 0.1) is 17.4 Å². The van der Waals surface area contributed by atoms with Crippen LogP contribution in [-0.2, 0) is 11.2 Å². The third kappa shape index (κ3) is 6.96. The molecule has 2 N–H and O–H groups in total. The highest BCUT2D eigenvalue weighted by Crippen LogP contribution is 2.13. The second kappa shape index (κ2) is 10.5. The van der Waals surface area contributed by atoms with Gasteiger partial charge in [0.2, 0.25) is 0 Å². The van der Waals surface area contributed by atoms with Crippen LogP contribution in [0.25, 0.3) is 5.69 Å². The molecule has 1 aliphatic heterocycles. The molecule has 8 nitrogen and oxygen atoms in total. The zero-order valence-corrected chi connectivity index (χ0v) is 19.3. The summed E-state index contributed by atoms with van der Waals surface area (Å²) in [5, 5.41) is 10.8. The van der Waals surface area contributed by atoms with Crippen LogP contribution in [0.1, 0.15) is 39.8 Å². The zero-order chi connectivity index (χ0) is 23.1. The Bertz CT molecular complexity index is 919. The van der Waals surface area contributed by atoms with Crippen LogP contribution in [0, 0.1) is 5.82 Å². The highest BCUT2D eigenvalue weighted by molar-refractivity contribution is 5.80. The van der Waals surface area contributed by atoms with E-state index in [4.69, 9.17) is 9.73 Å². The van der Waals surface area contributed by atoms with Gasteiger partial charge in [-0.15, -0.1) is 0 Å². The molecule has 3 rings (SSSR count). The van der Waals surface area contributed by atoms with Crippen LogP contribution < -0.4 is 10.6 Å². The largest absolute Gasteiger partial charge is 0.444 e. The molecule has 0 radical (unpaired) electrons. The molecule has 174 valence electrons. The summed E-state index contributed by atoms with van der Waals surface area (Å²) < 4.78 is 20.2. The number of aromatic nitrogens is 2. The van der Waals surface area contributed by atoms with E-state index < -0.39 is 5.60 Å². The van der Waals surface area contributed by atoms with Gasteiger partial charge in [-0.05, 0) is 64.4 Å². The lowest BCUT2D eigenvalue weighted by Crippen LogP contribution is -2.44. The summed E-state index contributed by atoms with van der Waals surface area (Å²) >= 11 is 0. The minimum Gasteiger partial charge on any atom is -0.444 e. The van der Waals surface area contributed by atoms with Gasteiger partial charge in [-0.25, -0.2) is 13.9 Å². The molecule has 0 saturated carbocycles. The van der Waals surface area contributed by atoms with Crippen LogP contribution in [-0.4, -0.2) is 64.6 Å². The number of carbonyl (C=O) groups is 1. The standard InChI is InChI=1S/C23H33FN6O2/c1-5-25-21(29-14-11-19(16-29)27-22(31)32-23(2,3)4)26-13-10-18-12-15-30(28-18)20-8-6-17(24)7-9-20/h6-9,12,15,19H,5,10-11,13-14,16H2,1-4H3,(H,25,26)(H,27,31). The van der Waals surface area contributed by atoms with Crippen LogP contribution in [0.15, 0.2) is 41.5 Å². The van der Waals surface area contributed by atoms with Crippen molar-refractivity contribution in [3.05, 3.63) is 48.0 Å². The fraction of sp³-hybridized carbons (Fsp3) is 0.522. The summed E-state index contributed by atoms with van der Waals surface area (Å²) in [6.45, 7) is 10.4. The van der Waals surface area contributed by atoms with Crippen molar-refractivity contribution in [3.8, 4) is 5.69 Å². The van der Waals surface area contributed by atoms with Crippen LogP contribution >= 0.6 is 0 Å². The normalized spacial score (nSPS) is 16.8. The Kier molecular flexibility index (Phi) is 7.71. The van der Waals surface area contributed by atoms with Gasteiger partial charge in [0.1, 0.15) is 11.4 Å². The van der Waals surface area contributed by atoms with Gasteiger partial charge in [-0.1, -0.05) is 0 Å². The molecule has 1 aromatic heterocycles. The van der Waals surface area contributed by atoms with Gasteiger partial charge in [-0.3, -0.25) is 4.99 Å². The number of alkyl carbamates (subject to hydrolysis) is 1. The van der Waals surface area contributed by atoms with E-state index >= 15 is 0 Å². The summed E-state index contributed by atoms with van der Waals surface area (Å²) in [7, 11) is 0. The number of halogens is 1. The van der Waals surface area contributed by atoms with Crippen molar-refractivity contribution in [1.82, 2.24) is 25.3 Å². The van der Waals surface area contributed by atoms with E-state index in [-0.39, 0.29) is 18.0 Å². The monoisotopic (exact) mass is 444 g/mol. The lowest BCUT2D eigenvalue weighted by Gasteiger charge is -2.23. The number of guanidine groups is 1. The predicted octanol–water partition coefficient (Wildman–Crippen LogP) is 3.12. The topological polar surface area (TPSA) is 83.8 Å². The number of aliphatic imine (C=N–C) groups is 1. The van der Waals surface area contributed by atoms with Gasteiger partial charge >= 0.3 is 6.09 Å². The molecule has 1 aliphatic rings. The second-order valence-corrected chi connectivity index (χ2v) is 8.79. The summed E-state index contributed by atoms with van der Waals surface area (Å²) in [6.07, 6.45) is 3.01. The van der Waals surface area contributed by atoms with Crippen LogP contribution in [0.3, 0.4) is 0 Å². The number of ether oxygens (including phenoxy) is 1. The molecule has 1 amide bonds. The van der Waals surface area contributed by atoms with Gasteiger partial charge in [0, 0.05) is 38.8 Å². The highest BCUT2D eigenvalue weighted by Gasteiger charge is 2.27. The van der Waals surface area contributed by atoms with E-state index in [1.54, 1.807) is 16.8 Å². The molecule has 1 unspecified atom stereocenters. The maximum absolute atomic E-state index is 13.1. The number of nitrogens with zero attached hydrogens (tertiary/aromatic N) is 4. The first-order valence-electron chi connectivity index (χ1n) is 11.1. The maximum Gasteiger partial charge on any atom is 0.407 e. The van der Waals surface area contributed by atoms with E-state index in [2.05, 4.69) is 20.6 Å². The lowest BCUT2D eigenvalue weighted by atomic mass is 10.2. The van der Waals surface area contributed by atoms with Crippen LogP contribution in [0.4, 0.5) is 9.18 Å². The van der Waals surface area contributed by atoms with Crippen molar-refractivity contribution in [3.63, 3.8) is 0 Å². The van der Waals surface area contributed by atoms with E-state index in [0.29, 0.717) is 19.5 Å². The Morgan fingerprint density at radius 1 is 1.28 bits per heavy atom. The predicted molar refractivity (Wildman–Crippen MR) is 123 cm³/mol. The second-order valence-electron chi connectivity index (χ2n) is 8.79. The minimum absolute atomic E-state index is 0.0279. The molecule has 0 spiro atoms. The number of hydrogen-bond donors (Lipinski definition) is 2. The fourth-order valence-electron chi connectivity index (χ4n) is 3.48. The molecular weight excluding hydrogens is 411 g/mol. The number of nitrogens with one attached hydrogen (secondary N) is 2. The molecular formula is C23H33FN6O2. The first-order valence-corrected chi connectivity index (χ1v) is 11.1. The maximum atomic E-state index is 13.1. The Balaban J connectivity index is 1.53. The van der Waals surface area contributed by atoms with Crippen molar-refractivity contribution >= 4 is 12.1 Å². The van der Waals surface area contributed by atoms with Crippen molar-refractivity contribution in [2.45, 2.75) is 52.2 Å². The summed E-state index contributed by atoms with van der Waals surface area (Å²) in [5.41, 5.74) is 1.22. The zero-order valence-electron chi connectivity index (χ0n) is 19.3. The third-order valence-electron chi connectivity index (χ3n) is 4.91. The van der Waals surface area contributed by atoms with Crippen molar-refractivity contribution in [2.75, 3.05) is 26.2 Å². The molecule has 0 bridgehead atoms. The Morgan fingerprint density at radius 2 is 2.03 bits per heavy atom. The number of amides is 1. The smallest absolute Gasteiger partial charge is 0.407 e. The molecule has 1 aromatic carbocycles. The van der Waals surface area contributed by atoms with E-state index in [1.807, 2.05) is 40.0 Å². The fourth-order valence-corrected chi connectivity index (χ4v) is 3.48. The van der Waals surface area contributed by atoms with Gasteiger partial charge in [-0.2, -0.15) is 5.10 Å². The average Bonchev–Trinajstić information content (AvgIpc) is 3.36. The third-order valence-corrected chi connectivity index (χ3v) is 4.91. The quantitative estimate of drug-likeness (QED) is 0.528. The van der Waals surface area contributed by atoms with Gasteiger partial charge in [0.15, 0.2) is 5.96 Å². The number of rotatable bonds is 6. The Hall–Kier alpha value is -3.10. The number of hydrogen-bond acceptors (Lipinski definition) is 4. The first kappa shape index (κ1) is 23.6. The molecule has 1 saturated heterocycles. The minimum atomic E-state index is -0.511. The Labute approximate surface area is 188 Å². The van der Waals surface area contributed by atoms with Crippen molar-refractivity contribution < 1.29 is 13.9 Å².